The van der Waals surface area contributed by atoms with Gasteiger partial charge in [-0.25, -0.2) is 16.8 Å². The number of aliphatic hydroxyl groups is 1. The van der Waals surface area contributed by atoms with Gasteiger partial charge in [-0.3, -0.25) is 4.79 Å². The van der Waals surface area contributed by atoms with Gasteiger partial charge in [-0.15, -0.1) is 11.8 Å². The van der Waals surface area contributed by atoms with Crippen molar-refractivity contribution in [3.63, 3.8) is 0 Å². The summed E-state index contributed by atoms with van der Waals surface area (Å²) in [6.07, 6.45) is 0.140. The predicted octanol–water partition coefficient (Wildman–Crippen LogP) is 3.85. The lowest BCUT2D eigenvalue weighted by Gasteiger charge is -2.33. The number of rotatable bonds is 15. The van der Waals surface area contributed by atoms with Crippen LogP contribution in [0.3, 0.4) is 0 Å². The second kappa shape index (κ2) is 16.0. The molecule has 0 radical (unpaired) electrons. The van der Waals surface area contributed by atoms with Crippen LogP contribution in [0.25, 0.3) is 0 Å². The monoisotopic (exact) mass is 740 g/mol. The first kappa shape index (κ1) is 39.6. The fraction of sp³-hybridized carbons (Fsp3) is 0.486. The number of hydrogen-bond donors (Lipinski definition) is 2. The highest BCUT2D eigenvalue weighted by molar-refractivity contribution is 7.93. The number of carboxylic acids is 1. The summed E-state index contributed by atoms with van der Waals surface area (Å²) in [5.41, 5.74) is 5.24. The summed E-state index contributed by atoms with van der Waals surface area (Å²) in [5, 5.41) is 29.0. The largest absolute Gasteiger partial charge is 0.480 e. The molecule has 4 rings (SSSR count). The minimum atomic E-state index is -3.93. The number of carboxylic acid groups (broad SMARTS) is 1. The molecule has 2 heterocycles. The lowest BCUT2D eigenvalue weighted by molar-refractivity contribution is -0.140. The molecule has 0 bridgehead atoms. The third-order valence-corrected chi connectivity index (χ3v) is 13.4. The molecule has 0 aromatic heterocycles. The number of carbonyl (C=O) groups is 1. The molecule has 0 amide bonds. The number of aliphatic hydroxyl groups excluding tert-OH is 1. The van der Waals surface area contributed by atoms with Crippen LogP contribution in [0.5, 0.6) is 0 Å². The summed E-state index contributed by atoms with van der Waals surface area (Å²) >= 11 is 0. The van der Waals surface area contributed by atoms with Crippen LogP contribution in [0.15, 0.2) is 52.8 Å². The zero-order chi connectivity index (χ0) is 37.6. The third-order valence-electron chi connectivity index (χ3n) is 9.41. The molecule has 14 heteroatoms. The van der Waals surface area contributed by atoms with E-state index in [1.807, 2.05) is 42.5 Å². The summed E-state index contributed by atoms with van der Waals surface area (Å²) in [6.45, 7) is 6.12. The van der Waals surface area contributed by atoms with Gasteiger partial charge in [0.25, 0.3) is 0 Å². The summed E-state index contributed by atoms with van der Waals surface area (Å²) < 4.78 is 52.6. The van der Waals surface area contributed by atoms with Crippen LogP contribution in [0.4, 0.5) is 0 Å². The zero-order valence-corrected chi connectivity index (χ0v) is 31.2. The second-order valence-corrected chi connectivity index (χ2v) is 18.2. The van der Waals surface area contributed by atoms with E-state index in [-0.39, 0.29) is 25.9 Å². The van der Waals surface area contributed by atoms with Crippen molar-refractivity contribution in [1.29, 1.82) is 0 Å². The van der Waals surface area contributed by atoms with E-state index in [0.29, 0.717) is 36.2 Å². The SMILES string of the molecule is CC#Cc1ccc(C2=NOC(CC(C)(C(O)OCCCc3cc(C4=NOC(CC(C)(C(=O)O)S(C)(=O)=O)C4)ccc3C#CC)S(C)(=O)=O)C2)cc1. The predicted molar refractivity (Wildman–Crippen MR) is 194 cm³/mol. The smallest absolute Gasteiger partial charge is 0.324 e. The first-order valence-electron chi connectivity index (χ1n) is 16.4. The fourth-order valence-corrected chi connectivity index (χ4v) is 7.63. The Morgan fingerprint density at radius 3 is 2.02 bits per heavy atom. The highest BCUT2D eigenvalue weighted by Crippen LogP contribution is 2.33. The minimum absolute atomic E-state index is 0.0428. The molecule has 0 saturated heterocycles. The van der Waals surface area contributed by atoms with Crippen molar-refractivity contribution < 1.29 is 46.3 Å². The van der Waals surface area contributed by atoms with Gasteiger partial charge in [0.2, 0.25) is 0 Å². The van der Waals surface area contributed by atoms with Gasteiger partial charge in [-0.05, 0) is 81.5 Å². The number of ether oxygens (including phenoxy) is 1. The van der Waals surface area contributed by atoms with E-state index < -0.39 is 53.6 Å². The maximum absolute atomic E-state index is 13.0. The van der Waals surface area contributed by atoms with Crippen LogP contribution >= 0.6 is 0 Å². The number of aryl methyl sites for hydroxylation is 1. The number of hydrogen-bond acceptors (Lipinski definition) is 11. The van der Waals surface area contributed by atoms with Crippen molar-refractivity contribution in [2.24, 2.45) is 10.3 Å². The number of benzene rings is 2. The maximum Gasteiger partial charge on any atom is 0.324 e. The summed E-state index contributed by atoms with van der Waals surface area (Å²) in [5.74, 6) is 10.3. The van der Waals surface area contributed by atoms with Gasteiger partial charge >= 0.3 is 5.97 Å². The van der Waals surface area contributed by atoms with E-state index in [2.05, 4.69) is 34.0 Å². The Hall–Kier alpha value is -4.21. The molecule has 0 spiro atoms. The Bertz CT molecular complexity index is 2040. The Balaban J connectivity index is 1.37. The Morgan fingerprint density at radius 2 is 1.47 bits per heavy atom. The molecule has 274 valence electrons. The number of nitrogens with zero attached hydrogens (tertiary/aromatic N) is 2. The topological polar surface area (TPSA) is 178 Å². The quantitative estimate of drug-likeness (QED) is 0.155. The molecule has 0 saturated carbocycles. The lowest BCUT2D eigenvalue weighted by atomic mass is 9.94. The Morgan fingerprint density at radius 1 is 0.902 bits per heavy atom. The number of oxime groups is 2. The first-order valence-corrected chi connectivity index (χ1v) is 20.2. The van der Waals surface area contributed by atoms with Gasteiger partial charge in [0.1, 0.15) is 17.0 Å². The standard InChI is InChI=1S/C37H44N2O10S2/c1-7-10-25-13-15-27(16-14-25)32-21-31(49-38-32)24-37(4,51(6,45)46)35(42)47-19-9-12-28-20-29(18-17-26(28)11-8-2)33-22-30(48-39-33)23-36(3,34(40)41)50(5,43)44/h13-18,20,30-31,35,42H,9,12,19,21-24H2,1-6H3,(H,40,41). The average molecular weight is 741 g/mol. The second-order valence-electron chi connectivity index (χ2n) is 13.3. The molecule has 2 aliphatic rings. The van der Waals surface area contributed by atoms with E-state index in [9.17, 15) is 31.8 Å². The normalized spacial score (nSPS) is 20.1. The van der Waals surface area contributed by atoms with Crippen molar-refractivity contribution in [1.82, 2.24) is 0 Å². The Kier molecular flexibility index (Phi) is 12.4. The maximum atomic E-state index is 13.0. The third kappa shape index (κ3) is 9.18. The molecule has 51 heavy (non-hydrogen) atoms. The molecule has 12 nitrogen and oxygen atoms in total. The minimum Gasteiger partial charge on any atom is -0.480 e. The van der Waals surface area contributed by atoms with Gasteiger partial charge in [-0.2, -0.15) is 0 Å². The highest BCUT2D eigenvalue weighted by atomic mass is 32.2. The van der Waals surface area contributed by atoms with Gasteiger partial charge < -0.3 is 24.6 Å². The summed E-state index contributed by atoms with van der Waals surface area (Å²) in [4.78, 5) is 22.9. The fourth-order valence-electron chi connectivity index (χ4n) is 5.90. The van der Waals surface area contributed by atoms with Crippen LogP contribution in [-0.4, -0.2) is 91.6 Å². The molecule has 0 aliphatic carbocycles. The van der Waals surface area contributed by atoms with Gasteiger partial charge in [0.05, 0.1) is 18.0 Å². The molecule has 2 aliphatic heterocycles. The molecule has 2 N–H and O–H groups in total. The number of aliphatic carboxylic acids is 1. The van der Waals surface area contributed by atoms with Crippen molar-refractivity contribution in [3.05, 3.63) is 70.3 Å². The van der Waals surface area contributed by atoms with Crippen LogP contribution < -0.4 is 0 Å². The van der Waals surface area contributed by atoms with Crippen molar-refractivity contribution in [2.45, 2.75) is 94.2 Å². The van der Waals surface area contributed by atoms with Gasteiger partial charge in [-0.1, -0.05) is 40.4 Å². The van der Waals surface area contributed by atoms with E-state index >= 15 is 0 Å². The molecule has 5 atom stereocenters. The van der Waals surface area contributed by atoms with E-state index in [4.69, 9.17) is 14.4 Å². The van der Waals surface area contributed by atoms with Crippen molar-refractivity contribution >= 4 is 37.1 Å². The molecule has 2 aromatic carbocycles. The van der Waals surface area contributed by atoms with Crippen LogP contribution in [-0.2, 0) is 45.3 Å². The highest BCUT2D eigenvalue weighted by Gasteiger charge is 2.48. The zero-order valence-electron chi connectivity index (χ0n) is 29.6. The van der Waals surface area contributed by atoms with E-state index in [1.165, 1.54) is 6.92 Å². The van der Waals surface area contributed by atoms with Gasteiger partial charge in [0, 0.05) is 49.3 Å². The first-order chi connectivity index (χ1) is 23.9. The number of sulfone groups is 2. The lowest BCUT2D eigenvalue weighted by Crippen LogP contribution is -2.50. The van der Waals surface area contributed by atoms with E-state index in [0.717, 1.165) is 41.7 Å². The molecular weight excluding hydrogens is 697 g/mol. The van der Waals surface area contributed by atoms with Gasteiger partial charge in [0.15, 0.2) is 30.7 Å². The Labute approximate surface area is 300 Å². The van der Waals surface area contributed by atoms with Crippen LogP contribution in [0, 0.1) is 23.7 Å². The van der Waals surface area contributed by atoms with E-state index in [1.54, 1.807) is 13.8 Å². The van der Waals surface area contributed by atoms with Crippen LogP contribution in [0.1, 0.15) is 87.6 Å². The molecule has 0 fully saturated rings. The van der Waals surface area contributed by atoms with Crippen molar-refractivity contribution in [3.8, 4) is 23.7 Å². The molecule has 5 unspecified atom stereocenters. The molecular formula is C37H44N2O10S2. The summed E-state index contributed by atoms with van der Waals surface area (Å²) in [7, 11) is -7.76. The van der Waals surface area contributed by atoms with Crippen molar-refractivity contribution in [2.75, 3.05) is 19.1 Å². The summed E-state index contributed by atoms with van der Waals surface area (Å²) in [6, 6.07) is 13.1. The molecule has 2 aromatic rings. The average Bonchev–Trinajstić information content (AvgIpc) is 3.73. The van der Waals surface area contributed by atoms with Crippen LogP contribution in [0.2, 0.25) is 0 Å².